The first-order chi connectivity index (χ1) is 17.0. The van der Waals surface area contributed by atoms with Gasteiger partial charge in [-0.25, -0.2) is 9.59 Å². The third-order valence-electron chi connectivity index (χ3n) is 6.44. The molecule has 0 aliphatic heterocycles. The average Bonchev–Trinajstić information content (AvgIpc) is 2.87. The van der Waals surface area contributed by atoms with E-state index in [0.717, 1.165) is 44.1 Å². The molecule has 0 radical (unpaired) electrons. The molecule has 1 unspecified atom stereocenters. The summed E-state index contributed by atoms with van der Waals surface area (Å²) in [4.78, 5) is 25.7. The predicted octanol–water partition coefficient (Wildman–Crippen LogP) is 7.89. The summed E-state index contributed by atoms with van der Waals surface area (Å²) in [6.07, 6.45) is 11.8. The van der Waals surface area contributed by atoms with Gasteiger partial charge < -0.3 is 14.6 Å². The summed E-state index contributed by atoms with van der Waals surface area (Å²) in [5, 5.41) is 10.7. The van der Waals surface area contributed by atoms with E-state index in [4.69, 9.17) is 9.47 Å². The number of ether oxygens (including phenoxy) is 2. The summed E-state index contributed by atoms with van der Waals surface area (Å²) in [6, 6.07) is 11.7. The first kappa shape index (κ1) is 28.4. The first-order valence-electron chi connectivity index (χ1n) is 13.3. The van der Waals surface area contributed by atoms with Gasteiger partial charge in [0.05, 0.1) is 6.61 Å². The smallest absolute Gasteiger partial charge is 0.347 e. The number of aromatic hydroxyl groups is 1. The zero-order chi connectivity index (χ0) is 25.5. The Morgan fingerprint density at radius 2 is 1.49 bits per heavy atom. The second kappa shape index (κ2) is 16.0. The van der Waals surface area contributed by atoms with Crippen LogP contribution in [0, 0.1) is 5.92 Å². The van der Waals surface area contributed by atoms with E-state index in [0.29, 0.717) is 18.9 Å². The molecule has 0 saturated carbocycles. The molecule has 0 amide bonds. The maximum absolute atomic E-state index is 12.9. The monoisotopic (exact) mass is 482 g/mol. The minimum atomic E-state index is -0.693. The van der Waals surface area contributed by atoms with E-state index in [1.807, 2.05) is 6.07 Å². The quantitative estimate of drug-likeness (QED) is 0.150. The van der Waals surface area contributed by atoms with Crippen LogP contribution in [-0.4, -0.2) is 23.7 Å². The molecule has 0 aliphatic rings. The number of para-hydroxylation sites is 2. The standard InChI is InChI=1S/C30H42O5/c1-4-7-9-10-11-12-17-24-18-15-20-26(28(24)31)30(33)35-27-21-14-13-19-25(27)29(32)34-22-23(6-3)16-8-5-2/h13-15,18-21,23,31H,4-12,16-17,22H2,1-3H3. The summed E-state index contributed by atoms with van der Waals surface area (Å²) in [5.74, 6) is -0.802. The van der Waals surface area contributed by atoms with Crippen molar-refractivity contribution in [3.63, 3.8) is 0 Å². The maximum atomic E-state index is 12.9. The molecular formula is C30H42O5. The SMILES string of the molecule is CCCCCCCCc1cccc(C(=O)Oc2ccccc2C(=O)OCC(CC)CCCC)c1O. The number of hydrogen-bond donors (Lipinski definition) is 1. The summed E-state index contributed by atoms with van der Waals surface area (Å²) < 4.78 is 11.1. The van der Waals surface area contributed by atoms with E-state index in [1.165, 1.54) is 25.7 Å². The van der Waals surface area contributed by atoms with Crippen molar-refractivity contribution in [2.75, 3.05) is 6.61 Å². The predicted molar refractivity (Wildman–Crippen MR) is 140 cm³/mol. The molecule has 1 atom stereocenters. The summed E-state index contributed by atoms with van der Waals surface area (Å²) in [5.41, 5.74) is 1.04. The van der Waals surface area contributed by atoms with Crippen LogP contribution in [0.25, 0.3) is 0 Å². The van der Waals surface area contributed by atoms with Crippen molar-refractivity contribution in [1.82, 2.24) is 0 Å². The first-order valence-corrected chi connectivity index (χ1v) is 13.3. The number of hydrogen-bond acceptors (Lipinski definition) is 5. The van der Waals surface area contributed by atoms with Crippen molar-refractivity contribution in [3.05, 3.63) is 59.2 Å². The lowest BCUT2D eigenvalue weighted by Crippen LogP contribution is -2.16. The maximum Gasteiger partial charge on any atom is 0.347 e. The van der Waals surface area contributed by atoms with Crippen LogP contribution in [0.5, 0.6) is 11.5 Å². The van der Waals surface area contributed by atoms with Crippen molar-refractivity contribution in [2.24, 2.45) is 5.92 Å². The van der Waals surface area contributed by atoms with Gasteiger partial charge in [0.1, 0.15) is 22.6 Å². The Balaban J connectivity index is 2.02. The number of carbonyl (C=O) groups excluding carboxylic acids is 2. The highest BCUT2D eigenvalue weighted by Crippen LogP contribution is 2.27. The van der Waals surface area contributed by atoms with Crippen molar-refractivity contribution in [1.29, 1.82) is 0 Å². The number of phenolic OH excluding ortho intramolecular Hbond substituents is 1. The molecule has 0 fully saturated rings. The molecule has 5 heteroatoms. The second-order valence-corrected chi connectivity index (χ2v) is 9.23. The van der Waals surface area contributed by atoms with Crippen LogP contribution in [0.4, 0.5) is 0 Å². The largest absolute Gasteiger partial charge is 0.507 e. The molecular weight excluding hydrogens is 440 g/mol. The molecule has 2 rings (SSSR count). The minimum absolute atomic E-state index is 0.0483. The Morgan fingerprint density at radius 3 is 2.23 bits per heavy atom. The Morgan fingerprint density at radius 1 is 0.800 bits per heavy atom. The van der Waals surface area contributed by atoms with E-state index in [2.05, 4.69) is 20.8 Å². The highest BCUT2D eigenvalue weighted by atomic mass is 16.5. The zero-order valence-electron chi connectivity index (χ0n) is 21.7. The normalized spacial score (nSPS) is 11.7. The van der Waals surface area contributed by atoms with Crippen molar-refractivity contribution >= 4 is 11.9 Å². The van der Waals surface area contributed by atoms with E-state index in [1.54, 1.807) is 36.4 Å². The van der Waals surface area contributed by atoms with Crippen LogP contribution >= 0.6 is 0 Å². The molecule has 0 spiro atoms. The number of rotatable bonds is 16. The Labute approximate surface area is 210 Å². The lowest BCUT2D eigenvalue weighted by atomic mass is 10.0. The summed E-state index contributed by atoms with van der Waals surface area (Å²) in [7, 11) is 0. The minimum Gasteiger partial charge on any atom is -0.507 e. The molecule has 5 nitrogen and oxygen atoms in total. The van der Waals surface area contributed by atoms with Gasteiger partial charge in [0.2, 0.25) is 0 Å². The molecule has 0 aliphatic carbocycles. The molecule has 192 valence electrons. The topological polar surface area (TPSA) is 72.8 Å². The van der Waals surface area contributed by atoms with Crippen LogP contribution in [0.2, 0.25) is 0 Å². The molecule has 2 aromatic carbocycles. The highest BCUT2D eigenvalue weighted by molar-refractivity contribution is 5.97. The molecule has 35 heavy (non-hydrogen) atoms. The Kier molecular flexibility index (Phi) is 13.0. The van der Waals surface area contributed by atoms with Gasteiger partial charge in [0, 0.05) is 0 Å². The fourth-order valence-corrected chi connectivity index (χ4v) is 4.10. The van der Waals surface area contributed by atoms with Crippen LogP contribution in [0.3, 0.4) is 0 Å². The van der Waals surface area contributed by atoms with Crippen molar-refractivity contribution in [2.45, 2.75) is 91.4 Å². The van der Waals surface area contributed by atoms with E-state index >= 15 is 0 Å². The van der Waals surface area contributed by atoms with E-state index in [-0.39, 0.29) is 22.6 Å². The number of aryl methyl sites for hydroxylation is 1. The van der Waals surface area contributed by atoms with Gasteiger partial charge >= 0.3 is 11.9 Å². The number of esters is 2. The van der Waals surface area contributed by atoms with Crippen LogP contribution < -0.4 is 4.74 Å². The Hall–Kier alpha value is -2.82. The number of carbonyl (C=O) groups is 2. The molecule has 2 aromatic rings. The lowest BCUT2D eigenvalue weighted by Gasteiger charge is -2.16. The number of unbranched alkanes of at least 4 members (excludes halogenated alkanes) is 6. The van der Waals surface area contributed by atoms with Gasteiger partial charge in [0.15, 0.2) is 0 Å². The fourth-order valence-electron chi connectivity index (χ4n) is 4.10. The molecule has 0 bridgehead atoms. The van der Waals surface area contributed by atoms with Gasteiger partial charge in [0.25, 0.3) is 0 Å². The molecule has 0 aromatic heterocycles. The zero-order valence-corrected chi connectivity index (χ0v) is 21.7. The van der Waals surface area contributed by atoms with Crippen LogP contribution in [-0.2, 0) is 11.2 Å². The molecule has 0 heterocycles. The molecule has 1 N–H and O–H groups in total. The van der Waals surface area contributed by atoms with Gasteiger partial charge in [-0.15, -0.1) is 0 Å². The number of benzene rings is 2. The van der Waals surface area contributed by atoms with Gasteiger partial charge in [-0.2, -0.15) is 0 Å². The van der Waals surface area contributed by atoms with Crippen molar-refractivity contribution < 1.29 is 24.2 Å². The van der Waals surface area contributed by atoms with E-state index < -0.39 is 11.9 Å². The van der Waals surface area contributed by atoms with Crippen LogP contribution in [0.15, 0.2) is 42.5 Å². The summed E-state index contributed by atoms with van der Waals surface area (Å²) in [6.45, 7) is 6.78. The van der Waals surface area contributed by atoms with Crippen LogP contribution in [0.1, 0.15) is 111 Å². The summed E-state index contributed by atoms with van der Waals surface area (Å²) >= 11 is 0. The highest BCUT2D eigenvalue weighted by Gasteiger charge is 2.21. The average molecular weight is 483 g/mol. The third-order valence-corrected chi connectivity index (χ3v) is 6.44. The van der Waals surface area contributed by atoms with Gasteiger partial charge in [-0.1, -0.05) is 96.4 Å². The Bertz CT molecular complexity index is 921. The van der Waals surface area contributed by atoms with Gasteiger partial charge in [-0.3, -0.25) is 0 Å². The second-order valence-electron chi connectivity index (χ2n) is 9.23. The van der Waals surface area contributed by atoms with E-state index in [9.17, 15) is 14.7 Å². The molecule has 0 saturated heterocycles. The van der Waals surface area contributed by atoms with Gasteiger partial charge in [-0.05, 0) is 48.9 Å². The van der Waals surface area contributed by atoms with Crippen molar-refractivity contribution in [3.8, 4) is 11.5 Å². The fraction of sp³-hybridized carbons (Fsp3) is 0.533. The third kappa shape index (κ3) is 9.39. The lowest BCUT2D eigenvalue weighted by molar-refractivity contribution is 0.0423. The number of phenols is 1.